The number of para-hydroxylation sites is 1. The standard InChI is InChI=1S/C21H22N4O2/c1-14-5-4-6-15(9-14)12-25-21(23-20(24-25)11-19(22)26)17-10-16-7-2-3-8-18(16)27-13-17/h2-9,17H,10-13H2,1H3,(H2,22,26). The van der Waals surface area contributed by atoms with E-state index in [1.165, 1.54) is 5.56 Å². The van der Waals surface area contributed by atoms with Crippen molar-refractivity contribution in [3.8, 4) is 5.75 Å². The fourth-order valence-corrected chi connectivity index (χ4v) is 3.53. The van der Waals surface area contributed by atoms with Crippen molar-refractivity contribution in [3.63, 3.8) is 0 Å². The van der Waals surface area contributed by atoms with Gasteiger partial charge in [0.2, 0.25) is 5.91 Å². The van der Waals surface area contributed by atoms with Crippen molar-refractivity contribution in [1.82, 2.24) is 14.8 Å². The van der Waals surface area contributed by atoms with Gasteiger partial charge in [-0.15, -0.1) is 0 Å². The maximum Gasteiger partial charge on any atom is 0.225 e. The topological polar surface area (TPSA) is 83.0 Å². The maximum absolute atomic E-state index is 11.3. The molecular formula is C21H22N4O2. The third-order valence-corrected chi connectivity index (χ3v) is 4.74. The van der Waals surface area contributed by atoms with Crippen LogP contribution in [0.2, 0.25) is 0 Å². The first kappa shape index (κ1) is 17.3. The summed E-state index contributed by atoms with van der Waals surface area (Å²) in [6, 6.07) is 16.4. The highest BCUT2D eigenvalue weighted by molar-refractivity contribution is 5.75. The van der Waals surface area contributed by atoms with Gasteiger partial charge in [-0.25, -0.2) is 9.67 Å². The Balaban J connectivity index is 1.66. The minimum Gasteiger partial charge on any atom is -0.493 e. The van der Waals surface area contributed by atoms with E-state index in [4.69, 9.17) is 10.5 Å². The van der Waals surface area contributed by atoms with E-state index < -0.39 is 5.91 Å². The van der Waals surface area contributed by atoms with E-state index in [9.17, 15) is 4.79 Å². The summed E-state index contributed by atoms with van der Waals surface area (Å²) in [6.07, 6.45) is 0.872. The fraction of sp³-hybridized carbons (Fsp3) is 0.286. The zero-order valence-corrected chi connectivity index (χ0v) is 15.3. The van der Waals surface area contributed by atoms with Crippen LogP contribution in [0.4, 0.5) is 0 Å². The molecule has 4 rings (SSSR count). The summed E-state index contributed by atoms with van der Waals surface area (Å²) in [5, 5.41) is 4.56. The second-order valence-corrected chi connectivity index (χ2v) is 7.00. The molecule has 2 N–H and O–H groups in total. The number of carbonyl (C=O) groups excluding carboxylic acids is 1. The number of carbonyl (C=O) groups is 1. The minimum absolute atomic E-state index is 0.0397. The molecule has 0 bridgehead atoms. The van der Waals surface area contributed by atoms with Gasteiger partial charge in [0.15, 0.2) is 5.82 Å². The van der Waals surface area contributed by atoms with Crippen molar-refractivity contribution in [2.45, 2.75) is 32.2 Å². The number of rotatable bonds is 5. The Morgan fingerprint density at radius 1 is 1.26 bits per heavy atom. The Kier molecular flexibility index (Phi) is 4.62. The monoisotopic (exact) mass is 362 g/mol. The number of benzene rings is 2. The van der Waals surface area contributed by atoms with E-state index in [-0.39, 0.29) is 12.3 Å². The molecule has 0 saturated heterocycles. The van der Waals surface area contributed by atoms with E-state index in [0.29, 0.717) is 19.0 Å². The van der Waals surface area contributed by atoms with Gasteiger partial charge in [-0.2, -0.15) is 5.10 Å². The Hall–Kier alpha value is -3.15. The number of hydrogen-bond donors (Lipinski definition) is 1. The molecule has 6 heteroatoms. The number of nitrogens with zero attached hydrogens (tertiary/aromatic N) is 3. The number of nitrogens with two attached hydrogens (primary N) is 1. The second-order valence-electron chi connectivity index (χ2n) is 7.00. The smallest absolute Gasteiger partial charge is 0.225 e. The van der Waals surface area contributed by atoms with Gasteiger partial charge in [-0.1, -0.05) is 48.0 Å². The lowest BCUT2D eigenvalue weighted by Crippen LogP contribution is -2.23. The van der Waals surface area contributed by atoms with Gasteiger partial charge in [0.25, 0.3) is 0 Å². The lowest BCUT2D eigenvalue weighted by atomic mass is 9.96. The average Bonchev–Trinajstić information content (AvgIpc) is 3.02. The van der Waals surface area contributed by atoms with E-state index in [0.717, 1.165) is 29.1 Å². The molecule has 1 aliphatic rings. The number of fused-ring (bicyclic) bond motifs is 1. The molecule has 1 aliphatic heterocycles. The Bertz CT molecular complexity index is 980. The molecule has 0 saturated carbocycles. The molecule has 27 heavy (non-hydrogen) atoms. The van der Waals surface area contributed by atoms with Crippen molar-refractivity contribution in [3.05, 3.63) is 76.9 Å². The lowest BCUT2D eigenvalue weighted by Gasteiger charge is -2.25. The third-order valence-electron chi connectivity index (χ3n) is 4.74. The summed E-state index contributed by atoms with van der Waals surface area (Å²) < 4.78 is 7.82. The average molecular weight is 362 g/mol. The van der Waals surface area contributed by atoms with Gasteiger partial charge in [0.05, 0.1) is 25.5 Å². The van der Waals surface area contributed by atoms with E-state index >= 15 is 0 Å². The highest BCUT2D eigenvalue weighted by Crippen LogP contribution is 2.31. The molecule has 0 aliphatic carbocycles. The largest absolute Gasteiger partial charge is 0.493 e. The normalized spacial score (nSPS) is 15.8. The first-order chi connectivity index (χ1) is 13.1. The van der Waals surface area contributed by atoms with Crippen LogP contribution in [-0.2, 0) is 24.2 Å². The molecule has 0 fully saturated rings. The zero-order chi connectivity index (χ0) is 18.8. The van der Waals surface area contributed by atoms with Crippen LogP contribution in [0, 0.1) is 6.92 Å². The zero-order valence-electron chi connectivity index (χ0n) is 15.3. The van der Waals surface area contributed by atoms with Crippen LogP contribution < -0.4 is 10.5 Å². The molecular weight excluding hydrogens is 340 g/mol. The molecule has 1 atom stereocenters. The van der Waals surface area contributed by atoms with Crippen LogP contribution in [0.5, 0.6) is 5.75 Å². The molecule has 2 aromatic carbocycles. The molecule has 6 nitrogen and oxygen atoms in total. The van der Waals surface area contributed by atoms with Crippen molar-refractivity contribution in [1.29, 1.82) is 0 Å². The van der Waals surface area contributed by atoms with Crippen molar-refractivity contribution in [2.75, 3.05) is 6.61 Å². The van der Waals surface area contributed by atoms with Crippen LogP contribution in [0.3, 0.4) is 0 Å². The summed E-state index contributed by atoms with van der Waals surface area (Å²) >= 11 is 0. The molecule has 3 aromatic rings. The predicted molar refractivity (Wildman–Crippen MR) is 102 cm³/mol. The number of aryl methyl sites for hydroxylation is 1. The van der Waals surface area contributed by atoms with Gasteiger partial charge in [0, 0.05) is 0 Å². The lowest BCUT2D eigenvalue weighted by molar-refractivity contribution is -0.117. The summed E-state index contributed by atoms with van der Waals surface area (Å²) in [6.45, 7) is 3.20. The fourth-order valence-electron chi connectivity index (χ4n) is 3.53. The highest BCUT2D eigenvalue weighted by Gasteiger charge is 2.26. The SMILES string of the molecule is Cc1cccc(Cn2nc(CC(N)=O)nc2C2COc3ccccc3C2)c1. The Labute approximate surface area is 158 Å². The van der Waals surface area contributed by atoms with Gasteiger partial charge in [-0.3, -0.25) is 4.79 Å². The summed E-state index contributed by atoms with van der Waals surface area (Å²) in [5.74, 6) is 1.88. The summed E-state index contributed by atoms with van der Waals surface area (Å²) in [5.41, 5.74) is 8.85. The molecule has 0 radical (unpaired) electrons. The maximum atomic E-state index is 11.3. The van der Waals surface area contributed by atoms with E-state index in [2.05, 4.69) is 41.3 Å². The van der Waals surface area contributed by atoms with Crippen molar-refractivity contribution in [2.24, 2.45) is 5.73 Å². The Morgan fingerprint density at radius 2 is 2.11 bits per heavy atom. The van der Waals surface area contributed by atoms with Crippen LogP contribution in [0.25, 0.3) is 0 Å². The van der Waals surface area contributed by atoms with Gasteiger partial charge < -0.3 is 10.5 Å². The van der Waals surface area contributed by atoms with Gasteiger partial charge >= 0.3 is 0 Å². The van der Waals surface area contributed by atoms with E-state index in [1.807, 2.05) is 28.9 Å². The molecule has 1 unspecified atom stereocenters. The number of primary amides is 1. The number of amides is 1. The van der Waals surface area contributed by atoms with Crippen LogP contribution in [0.15, 0.2) is 48.5 Å². The molecule has 1 amide bonds. The van der Waals surface area contributed by atoms with Crippen molar-refractivity contribution < 1.29 is 9.53 Å². The number of hydrogen-bond acceptors (Lipinski definition) is 4. The van der Waals surface area contributed by atoms with Crippen LogP contribution in [0.1, 0.15) is 34.3 Å². The van der Waals surface area contributed by atoms with Crippen LogP contribution >= 0.6 is 0 Å². The molecule has 1 aromatic heterocycles. The quantitative estimate of drug-likeness (QED) is 0.755. The Morgan fingerprint density at radius 3 is 2.93 bits per heavy atom. The van der Waals surface area contributed by atoms with Gasteiger partial charge in [0.1, 0.15) is 11.6 Å². The van der Waals surface area contributed by atoms with E-state index in [1.54, 1.807) is 0 Å². The molecule has 2 heterocycles. The van der Waals surface area contributed by atoms with Crippen LogP contribution in [-0.4, -0.2) is 27.3 Å². The second kappa shape index (κ2) is 7.23. The number of ether oxygens (including phenoxy) is 1. The summed E-state index contributed by atoms with van der Waals surface area (Å²) in [4.78, 5) is 16.0. The number of aromatic nitrogens is 3. The molecule has 0 spiro atoms. The first-order valence-corrected chi connectivity index (χ1v) is 9.06. The van der Waals surface area contributed by atoms with Gasteiger partial charge in [-0.05, 0) is 30.5 Å². The third kappa shape index (κ3) is 3.84. The minimum atomic E-state index is -0.431. The summed E-state index contributed by atoms with van der Waals surface area (Å²) in [7, 11) is 0. The first-order valence-electron chi connectivity index (χ1n) is 9.06. The molecule has 138 valence electrons. The highest BCUT2D eigenvalue weighted by atomic mass is 16.5. The predicted octanol–water partition coefficient (Wildman–Crippen LogP) is 2.38. The van der Waals surface area contributed by atoms with Crippen molar-refractivity contribution >= 4 is 5.91 Å².